The van der Waals surface area contributed by atoms with Crippen LogP contribution in [0.2, 0.25) is 0 Å². The first-order valence-corrected chi connectivity index (χ1v) is 11.7. The molecule has 1 heterocycles. The Morgan fingerprint density at radius 2 is 1.79 bits per heavy atom. The minimum Gasteiger partial charge on any atom is -0.493 e. The van der Waals surface area contributed by atoms with E-state index in [0.717, 1.165) is 39.8 Å². The van der Waals surface area contributed by atoms with Crippen molar-refractivity contribution < 1.29 is 14.3 Å². The molecular weight excluding hydrogens is 436 g/mol. The van der Waals surface area contributed by atoms with E-state index in [1.165, 1.54) is 0 Å². The van der Waals surface area contributed by atoms with E-state index in [9.17, 15) is 4.79 Å². The van der Waals surface area contributed by atoms with E-state index in [2.05, 4.69) is 20.5 Å². The third-order valence-corrected chi connectivity index (χ3v) is 5.49. The van der Waals surface area contributed by atoms with Crippen LogP contribution in [-0.2, 0) is 5.75 Å². The molecule has 1 amide bonds. The van der Waals surface area contributed by atoms with Gasteiger partial charge in [0, 0.05) is 22.7 Å². The van der Waals surface area contributed by atoms with Gasteiger partial charge in [0.15, 0.2) is 16.7 Å². The van der Waals surface area contributed by atoms with E-state index >= 15 is 0 Å². The summed E-state index contributed by atoms with van der Waals surface area (Å²) in [4.78, 5) is 21.3. The van der Waals surface area contributed by atoms with Gasteiger partial charge in [0.25, 0.3) is 5.91 Å². The highest BCUT2D eigenvalue weighted by Gasteiger charge is 2.07. The van der Waals surface area contributed by atoms with Gasteiger partial charge in [-0.1, -0.05) is 30.8 Å². The van der Waals surface area contributed by atoms with Gasteiger partial charge in [0.2, 0.25) is 0 Å². The van der Waals surface area contributed by atoms with Crippen molar-refractivity contribution in [1.82, 2.24) is 15.4 Å². The number of nitrogens with one attached hydrogen (secondary N) is 1. The zero-order valence-corrected chi connectivity index (χ0v) is 20.1. The summed E-state index contributed by atoms with van der Waals surface area (Å²) in [6.07, 6.45) is 2.48. The summed E-state index contributed by atoms with van der Waals surface area (Å²) in [5, 5.41) is 4.81. The van der Waals surface area contributed by atoms with Gasteiger partial charge < -0.3 is 9.47 Å². The molecule has 0 bridgehead atoms. The van der Waals surface area contributed by atoms with Crippen molar-refractivity contribution in [3.63, 3.8) is 0 Å². The highest BCUT2D eigenvalue weighted by atomic mass is 32.2. The number of aromatic nitrogens is 2. The van der Waals surface area contributed by atoms with Gasteiger partial charge in [0.05, 0.1) is 19.9 Å². The zero-order chi connectivity index (χ0) is 23.6. The molecular formula is C25H28N4O3S. The van der Waals surface area contributed by atoms with Crippen LogP contribution in [0, 0.1) is 13.8 Å². The maximum absolute atomic E-state index is 12.4. The number of ether oxygens (including phenoxy) is 2. The van der Waals surface area contributed by atoms with Crippen LogP contribution in [0.5, 0.6) is 11.5 Å². The van der Waals surface area contributed by atoms with Crippen LogP contribution in [-0.4, -0.2) is 35.8 Å². The van der Waals surface area contributed by atoms with E-state index in [4.69, 9.17) is 9.47 Å². The molecule has 0 radical (unpaired) electrons. The molecule has 7 nitrogen and oxygen atoms in total. The maximum Gasteiger partial charge on any atom is 0.271 e. The van der Waals surface area contributed by atoms with Crippen molar-refractivity contribution in [3.05, 3.63) is 76.6 Å². The predicted molar refractivity (Wildman–Crippen MR) is 131 cm³/mol. The lowest BCUT2D eigenvalue weighted by Crippen LogP contribution is -2.17. The Hall–Kier alpha value is -3.39. The molecule has 0 fully saturated rings. The van der Waals surface area contributed by atoms with Crippen molar-refractivity contribution in [3.8, 4) is 11.5 Å². The number of carbonyl (C=O) groups is 1. The van der Waals surface area contributed by atoms with Gasteiger partial charge >= 0.3 is 0 Å². The predicted octanol–water partition coefficient (Wildman–Crippen LogP) is 4.95. The van der Waals surface area contributed by atoms with Crippen molar-refractivity contribution >= 4 is 23.9 Å². The topological polar surface area (TPSA) is 85.7 Å². The van der Waals surface area contributed by atoms with E-state index in [1.54, 1.807) is 37.2 Å². The normalized spacial score (nSPS) is 10.9. The van der Waals surface area contributed by atoms with Gasteiger partial charge in [-0.2, -0.15) is 5.10 Å². The van der Waals surface area contributed by atoms with Crippen LogP contribution < -0.4 is 14.9 Å². The summed E-state index contributed by atoms with van der Waals surface area (Å²) in [6, 6.07) is 14.9. The second kappa shape index (κ2) is 12.0. The highest BCUT2D eigenvalue weighted by molar-refractivity contribution is 7.98. The van der Waals surface area contributed by atoms with E-state index in [0.29, 0.717) is 23.7 Å². The van der Waals surface area contributed by atoms with Gasteiger partial charge in [0.1, 0.15) is 0 Å². The molecule has 172 valence electrons. The monoisotopic (exact) mass is 464 g/mol. The Kier molecular flexibility index (Phi) is 8.83. The number of aryl methyl sites for hydroxylation is 2. The number of hydrogen-bond donors (Lipinski definition) is 1. The van der Waals surface area contributed by atoms with Crippen LogP contribution in [0.1, 0.15) is 46.2 Å². The van der Waals surface area contributed by atoms with Crippen LogP contribution in [0.15, 0.2) is 58.8 Å². The summed E-state index contributed by atoms with van der Waals surface area (Å²) in [6.45, 7) is 6.59. The van der Waals surface area contributed by atoms with Crippen molar-refractivity contribution in [2.75, 3.05) is 13.7 Å². The highest BCUT2D eigenvalue weighted by Crippen LogP contribution is 2.27. The minimum absolute atomic E-state index is 0.280. The maximum atomic E-state index is 12.4. The van der Waals surface area contributed by atoms with Crippen LogP contribution in [0.25, 0.3) is 0 Å². The first kappa shape index (κ1) is 24.3. The standard InChI is InChI=1S/C25H28N4O3S/c1-5-12-32-22-11-8-20(14-23(22)31-4)15-26-29-24(30)21-9-6-19(7-10-21)16-33-25-27-17(2)13-18(3)28-25/h6-11,13-15H,5,12,16H2,1-4H3,(H,29,30)/b26-15+. The second-order valence-electron chi connectivity index (χ2n) is 7.38. The van der Waals surface area contributed by atoms with Crippen LogP contribution in [0.3, 0.4) is 0 Å². The average molecular weight is 465 g/mol. The Morgan fingerprint density at radius 3 is 2.45 bits per heavy atom. The molecule has 2 aromatic carbocycles. The Bertz CT molecular complexity index is 1100. The molecule has 1 N–H and O–H groups in total. The summed E-state index contributed by atoms with van der Waals surface area (Å²) in [5.74, 6) is 1.75. The number of benzene rings is 2. The minimum atomic E-state index is -0.280. The summed E-state index contributed by atoms with van der Waals surface area (Å²) in [5.41, 5.74) is 6.87. The third-order valence-electron chi connectivity index (χ3n) is 4.57. The van der Waals surface area contributed by atoms with Crippen molar-refractivity contribution in [1.29, 1.82) is 0 Å². The lowest BCUT2D eigenvalue weighted by atomic mass is 10.1. The summed E-state index contributed by atoms with van der Waals surface area (Å²) < 4.78 is 11.0. The first-order valence-electron chi connectivity index (χ1n) is 10.7. The molecule has 8 heteroatoms. The molecule has 3 rings (SSSR count). The molecule has 0 aliphatic rings. The number of thioether (sulfide) groups is 1. The molecule has 0 aliphatic carbocycles. The molecule has 0 saturated heterocycles. The van der Waals surface area contributed by atoms with E-state index < -0.39 is 0 Å². The Labute approximate surface area is 198 Å². The fourth-order valence-corrected chi connectivity index (χ4v) is 3.89. The third kappa shape index (κ3) is 7.32. The fourth-order valence-electron chi connectivity index (χ4n) is 2.98. The van der Waals surface area contributed by atoms with Gasteiger partial charge in [-0.05, 0) is 67.8 Å². The molecule has 0 saturated carbocycles. The molecule has 1 aromatic heterocycles. The number of hydrogen-bond acceptors (Lipinski definition) is 7. The first-order chi connectivity index (χ1) is 16.0. The molecule has 0 aliphatic heterocycles. The fraction of sp³-hybridized carbons (Fsp3) is 0.280. The number of carbonyl (C=O) groups excluding carboxylic acids is 1. The lowest BCUT2D eigenvalue weighted by molar-refractivity contribution is 0.0955. The molecule has 0 atom stereocenters. The molecule has 33 heavy (non-hydrogen) atoms. The smallest absolute Gasteiger partial charge is 0.271 e. The van der Waals surface area contributed by atoms with E-state index in [1.807, 2.05) is 57.2 Å². The lowest BCUT2D eigenvalue weighted by Gasteiger charge is -2.10. The molecule has 0 spiro atoms. The summed E-state index contributed by atoms with van der Waals surface area (Å²) in [7, 11) is 1.59. The van der Waals surface area contributed by atoms with Crippen molar-refractivity contribution in [2.45, 2.75) is 38.1 Å². The van der Waals surface area contributed by atoms with Gasteiger partial charge in [-0.3, -0.25) is 4.79 Å². The van der Waals surface area contributed by atoms with E-state index in [-0.39, 0.29) is 5.91 Å². The van der Waals surface area contributed by atoms with Gasteiger partial charge in [-0.25, -0.2) is 15.4 Å². The SMILES string of the molecule is CCCOc1ccc(/C=N/NC(=O)c2ccc(CSc3nc(C)cc(C)n3)cc2)cc1OC. The average Bonchev–Trinajstić information content (AvgIpc) is 2.81. The largest absolute Gasteiger partial charge is 0.493 e. The van der Waals surface area contributed by atoms with Crippen LogP contribution >= 0.6 is 11.8 Å². The summed E-state index contributed by atoms with van der Waals surface area (Å²) >= 11 is 1.57. The number of nitrogens with zero attached hydrogens (tertiary/aromatic N) is 3. The van der Waals surface area contributed by atoms with Crippen LogP contribution in [0.4, 0.5) is 0 Å². The number of amides is 1. The number of hydrazone groups is 1. The Balaban J connectivity index is 1.54. The molecule has 0 unspecified atom stereocenters. The number of rotatable bonds is 10. The second-order valence-corrected chi connectivity index (χ2v) is 8.32. The molecule has 3 aromatic rings. The quantitative estimate of drug-likeness (QED) is 0.198. The zero-order valence-electron chi connectivity index (χ0n) is 19.3. The number of methoxy groups -OCH3 is 1. The van der Waals surface area contributed by atoms with Gasteiger partial charge in [-0.15, -0.1) is 0 Å². The van der Waals surface area contributed by atoms with Crippen molar-refractivity contribution in [2.24, 2.45) is 5.10 Å². The Morgan fingerprint density at radius 1 is 1.06 bits per heavy atom.